The molecular weight excluding hydrogens is 288 g/mol. The van der Waals surface area contributed by atoms with Crippen LogP contribution in [-0.4, -0.2) is 40.6 Å². The molecule has 4 heteroatoms. The number of benzene rings is 1. The summed E-state index contributed by atoms with van der Waals surface area (Å²) in [5, 5.41) is 1.97. The Hall–Kier alpha value is -1.94. The molecule has 1 amide bonds. The summed E-state index contributed by atoms with van der Waals surface area (Å²) in [6, 6.07) is 8.14. The van der Waals surface area contributed by atoms with Gasteiger partial charge < -0.3 is 9.64 Å². The van der Waals surface area contributed by atoms with E-state index in [-0.39, 0.29) is 17.6 Å². The molecular formula is C19H24N2O2. The molecule has 1 aliphatic heterocycles. The van der Waals surface area contributed by atoms with Crippen LogP contribution in [-0.2, 0) is 4.74 Å². The zero-order chi connectivity index (χ0) is 16.4. The Kier molecular flexibility index (Phi) is 4.35. The van der Waals surface area contributed by atoms with Gasteiger partial charge in [-0.3, -0.25) is 9.78 Å². The minimum absolute atomic E-state index is 0.0690. The molecule has 1 aromatic heterocycles. The summed E-state index contributed by atoms with van der Waals surface area (Å²) in [5.74, 6) is 0.0690. The summed E-state index contributed by atoms with van der Waals surface area (Å²) in [7, 11) is 0. The lowest BCUT2D eigenvalue weighted by Gasteiger charge is -2.41. The highest BCUT2D eigenvalue weighted by atomic mass is 16.5. The quantitative estimate of drug-likeness (QED) is 0.868. The van der Waals surface area contributed by atoms with Crippen LogP contribution in [0, 0.1) is 0 Å². The Morgan fingerprint density at radius 3 is 2.87 bits per heavy atom. The third kappa shape index (κ3) is 3.22. The first kappa shape index (κ1) is 15.9. The molecule has 0 radical (unpaired) electrons. The molecule has 0 bridgehead atoms. The van der Waals surface area contributed by atoms with Gasteiger partial charge in [0.25, 0.3) is 5.91 Å². The number of hydrogen-bond donors (Lipinski definition) is 0. The molecule has 1 fully saturated rings. The van der Waals surface area contributed by atoms with Gasteiger partial charge in [-0.15, -0.1) is 0 Å². The highest BCUT2D eigenvalue weighted by Gasteiger charge is 2.34. The van der Waals surface area contributed by atoms with Gasteiger partial charge in [0, 0.05) is 37.0 Å². The van der Waals surface area contributed by atoms with E-state index in [1.807, 2.05) is 36.1 Å². The first-order chi connectivity index (χ1) is 11.0. The fourth-order valence-corrected chi connectivity index (χ4v) is 3.47. The Labute approximate surface area is 137 Å². The number of hydrogen-bond acceptors (Lipinski definition) is 3. The van der Waals surface area contributed by atoms with Crippen LogP contribution in [0.25, 0.3) is 10.8 Å². The van der Waals surface area contributed by atoms with Gasteiger partial charge in [-0.1, -0.05) is 24.3 Å². The molecule has 1 saturated heterocycles. The molecule has 2 aromatic rings. The number of nitrogens with zero attached hydrogens (tertiary/aromatic N) is 2. The summed E-state index contributed by atoms with van der Waals surface area (Å²) >= 11 is 0. The second-order valence-electron chi connectivity index (χ2n) is 6.75. The van der Waals surface area contributed by atoms with E-state index in [2.05, 4.69) is 18.8 Å². The normalized spacial score (nSPS) is 20.4. The number of carbonyl (C=O) groups excluding carboxylic acids is 1. The average Bonchev–Trinajstić information content (AvgIpc) is 2.54. The predicted molar refractivity (Wildman–Crippen MR) is 91.5 cm³/mol. The van der Waals surface area contributed by atoms with Crippen LogP contribution >= 0.6 is 0 Å². The average molecular weight is 312 g/mol. The third-order valence-electron chi connectivity index (χ3n) is 4.61. The van der Waals surface area contributed by atoms with Crippen molar-refractivity contribution in [1.29, 1.82) is 0 Å². The standard InChI is InChI=1S/C19H24N2O2/c1-4-21(15-9-10-23-19(2,3)11-15)18(22)17-13-20-12-14-7-5-6-8-16(14)17/h5-8,12-13,15H,4,9-11H2,1-3H3. The second kappa shape index (κ2) is 6.28. The van der Waals surface area contributed by atoms with E-state index in [0.29, 0.717) is 18.7 Å². The fraction of sp³-hybridized carbons (Fsp3) is 0.474. The maximum absolute atomic E-state index is 13.1. The maximum atomic E-state index is 13.1. The number of ether oxygens (including phenoxy) is 1. The first-order valence-electron chi connectivity index (χ1n) is 8.29. The molecule has 1 atom stereocenters. The lowest BCUT2D eigenvalue weighted by atomic mass is 9.92. The fourth-order valence-electron chi connectivity index (χ4n) is 3.47. The molecule has 23 heavy (non-hydrogen) atoms. The van der Waals surface area contributed by atoms with Crippen LogP contribution in [0.1, 0.15) is 44.0 Å². The maximum Gasteiger partial charge on any atom is 0.256 e. The van der Waals surface area contributed by atoms with Gasteiger partial charge in [-0.05, 0) is 39.0 Å². The van der Waals surface area contributed by atoms with E-state index in [9.17, 15) is 4.79 Å². The SMILES string of the molecule is CCN(C(=O)c1cncc2ccccc12)C1CCOC(C)(C)C1. The van der Waals surface area contributed by atoms with Crippen molar-refractivity contribution in [1.82, 2.24) is 9.88 Å². The van der Waals surface area contributed by atoms with Gasteiger partial charge in [-0.25, -0.2) is 0 Å². The monoisotopic (exact) mass is 312 g/mol. The van der Waals surface area contributed by atoms with Gasteiger partial charge in [-0.2, -0.15) is 0 Å². The lowest BCUT2D eigenvalue weighted by Crippen LogP contribution is -2.48. The Balaban J connectivity index is 1.93. The molecule has 122 valence electrons. The van der Waals surface area contributed by atoms with E-state index in [4.69, 9.17) is 4.74 Å². The summed E-state index contributed by atoms with van der Waals surface area (Å²) in [6.07, 6.45) is 5.25. The zero-order valence-corrected chi connectivity index (χ0v) is 14.1. The summed E-state index contributed by atoms with van der Waals surface area (Å²) < 4.78 is 5.80. The van der Waals surface area contributed by atoms with E-state index >= 15 is 0 Å². The van der Waals surface area contributed by atoms with Crippen molar-refractivity contribution in [3.63, 3.8) is 0 Å². The van der Waals surface area contributed by atoms with E-state index in [0.717, 1.165) is 23.6 Å². The molecule has 2 heterocycles. The van der Waals surface area contributed by atoms with Gasteiger partial charge in [0.05, 0.1) is 11.2 Å². The number of amides is 1. The Bertz CT molecular complexity index is 706. The Morgan fingerprint density at radius 2 is 2.13 bits per heavy atom. The lowest BCUT2D eigenvalue weighted by molar-refractivity contribution is -0.0777. The number of rotatable bonds is 3. The van der Waals surface area contributed by atoms with Crippen molar-refractivity contribution in [2.24, 2.45) is 0 Å². The smallest absolute Gasteiger partial charge is 0.256 e. The largest absolute Gasteiger partial charge is 0.375 e. The van der Waals surface area contributed by atoms with Crippen molar-refractivity contribution in [3.8, 4) is 0 Å². The van der Waals surface area contributed by atoms with Crippen LogP contribution in [0.4, 0.5) is 0 Å². The summed E-state index contributed by atoms with van der Waals surface area (Å²) in [4.78, 5) is 19.4. The summed E-state index contributed by atoms with van der Waals surface area (Å²) in [5.41, 5.74) is 0.516. The minimum atomic E-state index is -0.173. The van der Waals surface area contributed by atoms with Crippen molar-refractivity contribution < 1.29 is 9.53 Å². The van der Waals surface area contributed by atoms with E-state index in [1.54, 1.807) is 12.4 Å². The highest BCUT2D eigenvalue weighted by Crippen LogP contribution is 2.29. The number of fused-ring (bicyclic) bond motifs is 1. The van der Waals surface area contributed by atoms with Crippen LogP contribution in [0.5, 0.6) is 0 Å². The van der Waals surface area contributed by atoms with E-state index in [1.165, 1.54) is 0 Å². The zero-order valence-electron chi connectivity index (χ0n) is 14.1. The molecule has 0 N–H and O–H groups in total. The molecule has 1 aliphatic rings. The third-order valence-corrected chi connectivity index (χ3v) is 4.61. The molecule has 3 rings (SSSR count). The number of aromatic nitrogens is 1. The van der Waals surface area contributed by atoms with Gasteiger partial charge >= 0.3 is 0 Å². The van der Waals surface area contributed by atoms with Crippen LogP contribution in [0.15, 0.2) is 36.7 Å². The van der Waals surface area contributed by atoms with Crippen LogP contribution in [0.2, 0.25) is 0 Å². The van der Waals surface area contributed by atoms with Crippen LogP contribution < -0.4 is 0 Å². The minimum Gasteiger partial charge on any atom is -0.375 e. The second-order valence-corrected chi connectivity index (χ2v) is 6.75. The molecule has 0 aliphatic carbocycles. The van der Waals surface area contributed by atoms with Gasteiger partial charge in [0.1, 0.15) is 0 Å². The van der Waals surface area contributed by atoms with E-state index < -0.39 is 0 Å². The van der Waals surface area contributed by atoms with Gasteiger partial charge in [0.2, 0.25) is 0 Å². The van der Waals surface area contributed by atoms with Crippen molar-refractivity contribution >= 4 is 16.7 Å². The first-order valence-corrected chi connectivity index (χ1v) is 8.29. The molecule has 1 aromatic carbocycles. The van der Waals surface area contributed by atoms with Crippen molar-refractivity contribution in [3.05, 3.63) is 42.2 Å². The molecule has 1 unspecified atom stereocenters. The topological polar surface area (TPSA) is 42.4 Å². The number of carbonyl (C=O) groups is 1. The number of pyridine rings is 1. The van der Waals surface area contributed by atoms with Gasteiger partial charge in [0.15, 0.2) is 0 Å². The van der Waals surface area contributed by atoms with Crippen molar-refractivity contribution in [2.75, 3.05) is 13.2 Å². The molecule has 4 nitrogen and oxygen atoms in total. The van der Waals surface area contributed by atoms with Crippen LogP contribution in [0.3, 0.4) is 0 Å². The predicted octanol–water partition coefficient (Wildman–Crippen LogP) is 3.65. The van der Waals surface area contributed by atoms with Crippen molar-refractivity contribution in [2.45, 2.75) is 45.3 Å². The Morgan fingerprint density at radius 1 is 1.35 bits per heavy atom. The highest BCUT2D eigenvalue weighted by molar-refractivity contribution is 6.06. The molecule has 0 spiro atoms. The molecule has 0 saturated carbocycles. The summed E-state index contributed by atoms with van der Waals surface area (Å²) in [6.45, 7) is 7.63.